The Morgan fingerprint density at radius 3 is 2.61 bits per heavy atom. The highest BCUT2D eigenvalue weighted by atomic mass is 32.1. The van der Waals surface area contributed by atoms with Gasteiger partial charge in [-0.1, -0.05) is 36.4 Å². The Morgan fingerprint density at radius 2 is 1.91 bits per heavy atom. The number of rotatable bonds is 5. The van der Waals surface area contributed by atoms with Crippen molar-refractivity contribution in [3.8, 4) is 17.0 Å². The maximum Gasteiger partial charge on any atom is 0.132 e. The molecule has 0 fully saturated rings. The number of aromatic nitrogens is 1. The van der Waals surface area contributed by atoms with E-state index in [-0.39, 0.29) is 0 Å². The van der Waals surface area contributed by atoms with Crippen LogP contribution in [0.3, 0.4) is 0 Å². The topological polar surface area (TPSA) is 48.1 Å². The lowest BCUT2D eigenvalue weighted by atomic mass is 10.0. The van der Waals surface area contributed by atoms with Crippen LogP contribution < -0.4 is 10.5 Å². The van der Waals surface area contributed by atoms with Gasteiger partial charge in [0.25, 0.3) is 0 Å². The van der Waals surface area contributed by atoms with Crippen molar-refractivity contribution in [1.82, 2.24) is 4.98 Å². The molecule has 0 aliphatic rings. The quantitative estimate of drug-likeness (QED) is 0.753. The predicted octanol–water partition coefficient (Wildman–Crippen LogP) is 4.46. The van der Waals surface area contributed by atoms with E-state index >= 15 is 0 Å². The maximum absolute atomic E-state index is 6.14. The molecule has 0 saturated carbocycles. The molecule has 2 N–H and O–H groups in total. The summed E-state index contributed by atoms with van der Waals surface area (Å²) in [5, 5.41) is 2.99. The fourth-order valence-corrected chi connectivity index (χ4v) is 3.27. The largest absolute Gasteiger partial charge is 0.488 e. The fraction of sp³-hybridized carbons (Fsp3) is 0.211. The van der Waals surface area contributed by atoms with E-state index in [1.165, 1.54) is 5.56 Å². The SMILES string of the molecule is Cc1cc(C)c(OCc2ccccc2)c(-c2csc(CN)n2)c1. The van der Waals surface area contributed by atoms with Crippen LogP contribution in [0.4, 0.5) is 0 Å². The Morgan fingerprint density at radius 1 is 1.13 bits per heavy atom. The number of benzene rings is 2. The zero-order chi connectivity index (χ0) is 16.2. The summed E-state index contributed by atoms with van der Waals surface area (Å²) in [7, 11) is 0. The summed E-state index contributed by atoms with van der Waals surface area (Å²) in [4.78, 5) is 4.61. The number of aryl methyl sites for hydroxylation is 2. The monoisotopic (exact) mass is 324 g/mol. The Hall–Kier alpha value is -2.17. The first kappa shape index (κ1) is 15.7. The second-order valence-corrected chi connectivity index (χ2v) is 6.51. The third kappa shape index (κ3) is 3.60. The summed E-state index contributed by atoms with van der Waals surface area (Å²) >= 11 is 1.59. The van der Waals surface area contributed by atoms with E-state index in [0.29, 0.717) is 13.2 Å². The summed E-state index contributed by atoms with van der Waals surface area (Å²) < 4.78 is 6.14. The molecule has 0 amide bonds. The summed E-state index contributed by atoms with van der Waals surface area (Å²) in [6.07, 6.45) is 0. The molecule has 3 nitrogen and oxygen atoms in total. The van der Waals surface area contributed by atoms with Crippen LogP contribution >= 0.6 is 11.3 Å². The van der Waals surface area contributed by atoms with Crippen LogP contribution in [0, 0.1) is 13.8 Å². The molecule has 118 valence electrons. The molecule has 0 atom stereocenters. The Bertz CT molecular complexity index is 796. The van der Waals surface area contributed by atoms with Crippen molar-refractivity contribution in [2.75, 3.05) is 0 Å². The molecule has 0 spiro atoms. The van der Waals surface area contributed by atoms with Gasteiger partial charge in [-0.05, 0) is 36.6 Å². The van der Waals surface area contributed by atoms with E-state index in [9.17, 15) is 0 Å². The molecule has 0 bridgehead atoms. The zero-order valence-corrected chi connectivity index (χ0v) is 14.2. The minimum absolute atomic E-state index is 0.468. The predicted molar refractivity (Wildman–Crippen MR) is 95.7 cm³/mol. The van der Waals surface area contributed by atoms with E-state index < -0.39 is 0 Å². The van der Waals surface area contributed by atoms with Crippen LogP contribution in [0.5, 0.6) is 5.75 Å². The lowest BCUT2D eigenvalue weighted by Gasteiger charge is -2.14. The summed E-state index contributed by atoms with van der Waals surface area (Å²) in [6, 6.07) is 14.5. The molecule has 4 heteroatoms. The number of nitrogens with two attached hydrogens (primary N) is 1. The third-order valence-electron chi connectivity index (χ3n) is 3.65. The summed E-state index contributed by atoms with van der Waals surface area (Å²) in [6.45, 7) is 5.18. The number of nitrogens with zero attached hydrogens (tertiary/aromatic N) is 1. The Balaban J connectivity index is 1.95. The molecule has 0 aliphatic carbocycles. The molecule has 0 aliphatic heterocycles. The summed E-state index contributed by atoms with van der Waals surface area (Å²) in [5.74, 6) is 0.897. The molecule has 3 rings (SSSR count). The average Bonchev–Trinajstić information content (AvgIpc) is 3.03. The average molecular weight is 324 g/mol. The first-order valence-corrected chi connectivity index (χ1v) is 8.48. The minimum Gasteiger partial charge on any atom is -0.488 e. The van der Waals surface area contributed by atoms with Crippen LogP contribution in [0.1, 0.15) is 21.7 Å². The molecule has 2 aromatic carbocycles. The van der Waals surface area contributed by atoms with Gasteiger partial charge in [-0.3, -0.25) is 0 Å². The van der Waals surface area contributed by atoms with Gasteiger partial charge in [0.1, 0.15) is 17.4 Å². The van der Waals surface area contributed by atoms with Crippen molar-refractivity contribution >= 4 is 11.3 Å². The number of hydrogen-bond donors (Lipinski definition) is 1. The van der Waals surface area contributed by atoms with Gasteiger partial charge >= 0.3 is 0 Å². The van der Waals surface area contributed by atoms with Crippen molar-refractivity contribution in [3.63, 3.8) is 0 Å². The van der Waals surface area contributed by atoms with Crippen molar-refractivity contribution in [3.05, 3.63) is 69.5 Å². The Labute approximate surface area is 140 Å². The lowest BCUT2D eigenvalue weighted by molar-refractivity contribution is 0.305. The first-order valence-electron chi connectivity index (χ1n) is 7.60. The number of ether oxygens (including phenoxy) is 1. The fourth-order valence-electron chi connectivity index (χ4n) is 2.59. The van der Waals surface area contributed by atoms with E-state index in [1.54, 1.807) is 11.3 Å². The first-order chi connectivity index (χ1) is 11.2. The molecule has 0 radical (unpaired) electrons. The third-order valence-corrected chi connectivity index (χ3v) is 4.52. The minimum atomic E-state index is 0.468. The highest BCUT2D eigenvalue weighted by Gasteiger charge is 2.14. The summed E-state index contributed by atoms with van der Waals surface area (Å²) in [5.41, 5.74) is 11.1. The van der Waals surface area contributed by atoms with Crippen LogP contribution in [0.25, 0.3) is 11.3 Å². The number of thiazole rings is 1. The molecular weight excluding hydrogens is 304 g/mol. The van der Waals surface area contributed by atoms with Crippen molar-refractivity contribution in [2.45, 2.75) is 27.0 Å². The van der Waals surface area contributed by atoms with Crippen LogP contribution in [-0.2, 0) is 13.2 Å². The van der Waals surface area contributed by atoms with Gasteiger partial charge in [0, 0.05) is 17.5 Å². The molecule has 1 aromatic heterocycles. The Kier molecular flexibility index (Phi) is 4.74. The van der Waals surface area contributed by atoms with Gasteiger partial charge in [0.15, 0.2) is 0 Å². The molecule has 23 heavy (non-hydrogen) atoms. The smallest absolute Gasteiger partial charge is 0.132 e. The van der Waals surface area contributed by atoms with E-state index in [4.69, 9.17) is 10.5 Å². The molecule has 0 unspecified atom stereocenters. The van der Waals surface area contributed by atoms with E-state index in [1.807, 2.05) is 23.6 Å². The van der Waals surface area contributed by atoms with Gasteiger partial charge in [-0.15, -0.1) is 11.3 Å². The van der Waals surface area contributed by atoms with Crippen LogP contribution in [-0.4, -0.2) is 4.98 Å². The highest BCUT2D eigenvalue weighted by molar-refractivity contribution is 7.09. The second kappa shape index (κ2) is 6.94. The van der Waals surface area contributed by atoms with Crippen molar-refractivity contribution in [1.29, 1.82) is 0 Å². The van der Waals surface area contributed by atoms with E-state index in [0.717, 1.165) is 33.1 Å². The molecular formula is C19H20N2OS. The van der Waals surface area contributed by atoms with Crippen LogP contribution in [0.2, 0.25) is 0 Å². The molecule has 1 heterocycles. The van der Waals surface area contributed by atoms with Gasteiger partial charge < -0.3 is 10.5 Å². The van der Waals surface area contributed by atoms with Crippen molar-refractivity contribution < 1.29 is 4.74 Å². The lowest BCUT2D eigenvalue weighted by Crippen LogP contribution is -2.00. The maximum atomic E-state index is 6.14. The molecule has 3 aromatic rings. The second-order valence-electron chi connectivity index (χ2n) is 5.56. The van der Waals surface area contributed by atoms with Gasteiger partial charge in [-0.2, -0.15) is 0 Å². The molecule has 0 saturated heterocycles. The van der Waals surface area contributed by atoms with Gasteiger partial charge in [-0.25, -0.2) is 4.98 Å². The van der Waals surface area contributed by atoms with Crippen molar-refractivity contribution in [2.24, 2.45) is 5.73 Å². The van der Waals surface area contributed by atoms with Gasteiger partial charge in [0.2, 0.25) is 0 Å². The zero-order valence-electron chi connectivity index (χ0n) is 13.4. The number of hydrogen-bond acceptors (Lipinski definition) is 4. The van der Waals surface area contributed by atoms with E-state index in [2.05, 4.69) is 43.1 Å². The van der Waals surface area contributed by atoms with Crippen LogP contribution in [0.15, 0.2) is 47.8 Å². The standard InChI is InChI=1S/C19H20N2OS/c1-13-8-14(2)19(22-11-15-6-4-3-5-7-15)16(9-13)17-12-23-18(10-20)21-17/h3-9,12H,10-11,20H2,1-2H3. The highest BCUT2D eigenvalue weighted by Crippen LogP contribution is 2.35. The van der Waals surface area contributed by atoms with Gasteiger partial charge in [0.05, 0.1) is 5.69 Å². The normalized spacial score (nSPS) is 10.7.